The van der Waals surface area contributed by atoms with Gasteiger partial charge in [0.2, 0.25) is 11.9 Å². The first-order valence-corrected chi connectivity index (χ1v) is 10.1. The molecule has 158 valence electrons. The van der Waals surface area contributed by atoms with Crippen molar-refractivity contribution in [2.24, 2.45) is 0 Å². The van der Waals surface area contributed by atoms with Gasteiger partial charge in [0.1, 0.15) is 11.8 Å². The van der Waals surface area contributed by atoms with E-state index in [4.69, 9.17) is 0 Å². The molecule has 2 heterocycles. The minimum atomic E-state index is -1.03. The molecule has 1 aliphatic heterocycles. The molecule has 0 bridgehead atoms. The molecule has 4 rings (SSSR count). The predicted molar refractivity (Wildman–Crippen MR) is 115 cm³/mol. The van der Waals surface area contributed by atoms with Crippen molar-refractivity contribution >= 4 is 5.91 Å². The van der Waals surface area contributed by atoms with Crippen LogP contribution >= 0.6 is 0 Å². The quantitative estimate of drug-likeness (QED) is 0.500. The van der Waals surface area contributed by atoms with Crippen molar-refractivity contribution in [1.29, 1.82) is 0 Å². The van der Waals surface area contributed by atoms with Crippen LogP contribution in [0.4, 0.5) is 0 Å². The van der Waals surface area contributed by atoms with Gasteiger partial charge in [0, 0.05) is 30.3 Å². The Hall–Kier alpha value is -3.74. The van der Waals surface area contributed by atoms with Crippen LogP contribution in [-0.2, 0) is 11.3 Å². The summed E-state index contributed by atoms with van der Waals surface area (Å²) >= 11 is 0. The van der Waals surface area contributed by atoms with Crippen molar-refractivity contribution in [3.8, 4) is 5.75 Å². The van der Waals surface area contributed by atoms with Crippen molar-refractivity contribution < 1.29 is 14.8 Å². The van der Waals surface area contributed by atoms with E-state index in [0.29, 0.717) is 5.56 Å². The van der Waals surface area contributed by atoms with Crippen LogP contribution in [0.2, 0.25) is 0 Å². The number of amides is 1. The van der Waals surface area contributed by atoms with Gasteiger partial charge < -0.3 is 10.0 Å². The Bertz CT molecular complexity index is 1090. The number of carbonyl (C=O) groups excluding carboxylic acids is 1. The fraction of sp³-hybridized carbons (Fsp3) is 0.250. The van der Waals surface area contributed by atoms with Crippen LogP contribution in [0.25, 0.3) is 0 Å². The molecular formula is C24H23N3O4. The topological polar surface area (TPSA) is 96.6 Å². The summed E-state index contributed by atoms with van der Waals surface area (Å²) < 4.78 is 0. The van der Waals surface area contributed by atoms with Gasteiger partial charge in [0.15, 0.2) is 0 Å². The number of aromatic nitrogens is 1. The van der Waals surface area contributed by atoms with Crippen molar-refractivity contribution in [2.45, 2.75) is 37.9 Å². The largest absolute Gasteiger partial charge is 0.508 e. The molecule has 0 unspecified atom stereocenters. The van der Waals surface area contributed by atoms with Crippen LogP contribution in [0.3, 0.4) is 0 Å². The molecule has 3 atom stereocenters. The molecule has 31 heavy (non-hydrogen) atoms. The Morgan fingerprint density at radius 3 is 2.55 bits per heavy atom. The average molecular weight is 417 g/mol. The van der Waals surface area contributed by atoms with E-state index in [0.717, 1.165) is 16.7 Å². The van der Waals surface area contributed by atoms with Gasteiger partial charge in [-0.05, 0) is 41.8 Å². The number of aryl methyl sites for hydroxylation is 1. The van der Waals surface area contributed by atoms with Crippen LogP contribution in [0, 0.1) is 17.0 Å². The fourth-order valence-electron chi connectivity index (χ4n) is 4.39. The van der Waals surface area contributed by atoms with Gasteiger partial charge in [0.05, 0.1) is 5.92 Å². The lowest BCUT2D eigenvalue weighted by atomic mass is 9.78. The number of rotatable bonds is 5. The summed E-state index contributed by atoms with van der Waals surface area (Å²) in [4.78, 5) is 31.1. The van der Waals surface area contributed by atoms with Gasteiger partial charge in [-0.1, -0.05) is 48.0 Å². The lowest BCUT2D eigenvalue weighted by Gasteiger charge is -2.41. The van der Waals surface area contributed by atoms with Crippen molar-refractivity contribution in [2.75, 3.05) is 0 Å². The van der Waals surface area contributed by atoms with Gasteiger partial charge in [-0.25, -0.2) is 0 Å². The maximum absolute atomic E-state index is 13.3. The van der Waals surface area contributed by atoms with E-state index in [9.17, 15) is 20.0 Å². The molecular weight excluding hydrogens is 394 g/mol. The molecule has 0 radical (unpaired) electrons. The van der Waals surface area contributed by atoms with E-state index >= 15 is 0 Å². The lowest BCUT2D eigenvalue weighted by molar-refractivity contribution is -0.537. The van der Waals surface area contributed by atoms with E-state index < -0.39 is 18.0 Å². The minimum Gasteiger partial charge on any atom is -0.508 e. The summed E-state index contributed by atoms with van der Waals surface area (Å²) in [5.74, 6) is -0.629. The van der Waals surface area contributed by atoms with Gasteiger partial charge in [-0.2, -0.15) is 0 Å². The average Bonchev–Trinajstić information content (AvgIpc) is 2.76. The lowest BCUT2D eigenvalue weighted by Crippen LogP contribution is -2.51. The summed E-state index contributed by atoms with van der Waals surface area (Å²) in [7, 11) is 0. The zero-order valence-corrected chi connectivity index (χ0v) is 17.1. The van der Waals surface area contributed by atoms with Gasteiger partial charge in [-0.15, -0.1) is 0 Å². The number of hydrogen-bond donors (Lipinski definition) is 1. The first-order valence-electron chi connectivity index (χ1n) is 10.1. The normalized spacial score (nSPS) is 21.1. The molecule has 1 aliphatic rings. The second-order valence-electron chi connectivity index (χ2n) is 7.92. The zero-order chi connectivity index (χ0) is 22.0. The molecule has 0 spiro atoms. The number of likely N-dealkylation sites (tertiary alicyclic amines) is 1. The highest BCUT2D eigenvalue weighted by Gasteiger charge is 2.50. The fourth-order valence-corrected chi connectivity index (χ4v) is 4.39. The molecule has 7 heteroatoms. The van der Waals surface area contributed by atoms with E-state index in [1.54, 1.807) is 35.5 Å². The van der Waals surface area contributed by atoms with Gasteiger partial charge in [-0.3, -0.25) is 19.9 Å². The number of benzene rings is 2. The van der Waals surface area contributed by atoms with Crippen LogP contribution in [0.15, 0.2) is 73.1 Å². The molecule has 0 aliphatic carbocycles. The van der Waals surface area contributed by atoms with E-state index in [1.165, 1.54) is 12.1 Å². The van der Waals surface area contributed by atoms with Crippen LogP contribution in [-0.4, -0.2) is 31.9 Å². The number of nitrogens with zero attached hydrogens (tertiary/aromatic N) is 3. The number of nitro groups is 1. The van der Waals surface area contributed by atoms with E-state index in [2.05, 4.69) is 4.98 Å². The maximum Gasteiger partial charge on any atom is 0.244 e. The molecule has 1 fully saturated rings. The Balaban J connectivity index is 1.82. The van der Waals surface area contributed by atoms with Crippen molar-refractivity contribution in [1.82, 2.24) is 9.88 Å². The standard InChI is InChI=1S/C24H23N3O4/c1-16-4-2-6-19(12-16)21-13-22(29)26(15-17-5-3-11-25-14-17)23(24(21)27(30)31)18-7-9-20(28)10-8-18/h2-12,14,21,23-24,28H,13,15H2,1H3/t21-,23+,24-/m0/s1. The first-order chi connectivity index (χ1) is 14.9. The Morgan fingerprint density at radius 1 is 1.13 bits per heavy atom. The van der Waals surface area contributed by atoms with Crippen LogP contribution in [0.1, 0.15) is 40.6 Å². The number of pyridine rings is 1. The monoisotopic (exact) mass is 417 g/mol. The van der Waals surface area contributed by atoms with Gasteiger partial charge in [0.25, 0.3) is 0 Å². The summed E-state index contributed by atoms with van der Waals surface area (Å²) in [5.41, 5.74) is 3.20. The minimum absolute atomic E-state index is 0.0595. The Labute approximate surface area is 180 Å². The molecule has 1 saturated heterocycles. The third-order valence-electron chi connectivity index (χ3n) is 5.81. The number of aromatic hydroxyl groups is 1. The molecule has 7 nitrogen and oxygen atoms in total. The van der Waals surface area contributed by atoms with Crippen LogP contribution in [0.5, 0.6) is 5.75 Å². The highest BCUT2D eigenvalue weighted by Crippen LogP contribution is 2.43. The molecule has 1 aromatic heterocycles. The van der Waals surface area contributed by atoms with E-state index in [-0.39, 0.29) is 29.5 Å². The maximum atomic E-state index is 13.3. The molecule has 0 saturated carbocycles. The summed E-state index contributed by atoms with van der Waals surface area (Å²) in [5, 5.41) is 22.1. The second kappa shape index (κ2) is 8.55. The number of phenolic OH excluding ortho intramolecular Hbond substituents is 1. The SMILES string of the molecule is Cc1cccc([C@@H]2CC(=O)N(Cc3cccnc3)[C@H](c3ccc(O)cc3)[C@H]2[N+](=O)[O-])c1. The number of phenols is 1. The molecule has 1 N–H and O–H groups in total. The van der Waals surface area contributed by atoms with Gasteiger partial charge >= 0.3 is 0 Å². The summed E-state index contributed by atoms with van der Waals surface area (Å²) in [6.45, 7) is 2.16. The van der Waals surface area contributed by atoms with Crippen molar-refractivity contribution in [3.05, 3.63) is 105 Å². The number of hydrogen-bond acceptors (Lipinski definition) is 5. The third kappa shape index (κ3) is 4.26. The third-order valence-corrected chi connectivity index (χ3v) is 5.81. The highest BCUT2D eigenvalue weighted by atomic mass is 16.6. The predicted octanol–water partition coefficient (Wildman–Crippen LogP) is 4.00. The Morgan fingerprint density at radius 2 is 1.90 bits per heavy atom. The number of carbonyl (C=O) groups is 1. The van der Waals surface area contributed by atoms with Crippen molar-refractivity contribution in [3.63, 3.8) is 0 Å². The Kier molecular flexibility index (Phi) is 5.66. The van der Waals surface area contributed by atoms with E-state index in [1.807, 2.05) is 37.3 Å². The number of piperidine rings is 1. The summed E-state index contributed by atoms with van der Waals surface area (Å²) in [6, 6.07) is 15.7. The molecule has 1 amide bonds. The zero-order valence-electron chi connectivity index (χ0n) is 17.1. The summed E-state index contributed by atoms with van der Waals surface area (Å²) in [6.07, 6.45) is 3.37. The first kappa shape index (κ1) is 20.5. The molecule has 2 aromatic carbocycles. The molecule has 3 aromatic rings. The second-order valence-corrected chi connectivity index (χ2v) is 7.92. The highest BCUT2D eigenvalue weighted by molar-refractivity contribution is 5.79. The smallest absolute Gasteiger partial charge is 0.244 e. The van der Waals surface area contributed by atoms with Crippen LogP contribution < -0.4 is 0 Å².